The summed E-state index contributed by atoms with van der Waals surface area (Å²) in [6.45, 7) is 25.7. The highest BCUT2D eigenvalue weighted by molar-refractivity contribution is 6.36. The molecule has 4 heteroatoms. The molecular weight excluding hydrogens is 555 g/mol. The van der Waals surface area contributed by atoms with Gasteiger partial charge in [-0.1, -0.05) is 125 Å². The Hall–Kier alpha value is -3.72. The van der Waals surface area contributed by atoms with E-state index in [9.17, 15) is 0 Å². The van der Waals surface area contributed by atoms with Crippen molar-refractivity contribution >= 4 is 34.6 Å². The lowest BCUT2D eigenvalue weighted by molar-refractivity contribution is 0.978. The first kappa shape index (κ1) is 36.3. The number of hydrogen-bond donors (Lipinski definition) is 2. The molecule has 2 N–H and O–H groups in total. The molecule has 3 aromatic carbocycles. The van der Waals surface area contributed by atoms with Crippen molar-refractivity contribution in [1.82, 2.24) is 0 Å². The number of rotatable bonds is 11. The largest absolute Gasteiger partial charge is 0.356 e. The minimum atomic E-state index is -0.146. The second-order valence-corrected chi connectivity index (χ2v) is 9.98. The highest BCUT2D eigenvalue weighted by Crippen LogP contribution is 2.40. The topological polar surface area (TPSA) is 24.1 Å². The van der Waals surface area contributed by atoms with Gasteiger partial charge in [-0.3, -0.25) is 0 Å². The van der Waals surface area contributed by atoms with Crippen molar-refractivity contribution in [3.8, 4) is 0 Å². The first-order chi connectivity index (χ1) is 20.2. The minimum Gasteiger partial charge on any atom is -0.356 e. The maximum atomic E-state index is 6.72. The lowest BCUT2D eigenvalue weighted by Gasteiger charge is -2.22. The minimum absolute atomic E-state index is 0.146. The van der Waals surface area contributed by atoms with Crippen LogP contribution in [0.25, 0.3) is 0 Å². The summed E-state index contributed by atoms with van der Waals surface area (Å²) < 4.78 is 0. The van der Waals surface area contributed by atoms with E-state index in [1.807, 2.05) is 71.0 Å². The van der Waals surface area contributed by atoms with Gasteiger partial charge in [0.05, 0.1) is 0 Å². The Morgan fingerprint density at radius 2 is 1.19 bits per heavy atom. The summed E-state index contributed by atoms with van der Waals surface area (Å²) in [6, 6.07) is 22.3. The van der Waals surface area contributed by atoms with Gasteiger partial charge in [0.15, 0.2) is 0 Å². The molecular formula is C38H46Cl2N2. The van der Waals surface area contributed by atoms with E-state index in [-0.39, 0.29) is 5.92 Å². The van der Waals surface area contributed by atoms with Crippen molar-refractivity contribution in [3.63, 3.8) is 0 Å². The lowest BCUT2D eigenvalue weighted by Crippen LogP contribution is -2.06. The molecule has 0 saturated heterocycles. The van der Waals surface area contributed by atoms with Crippen molar-refractivity contribution < 1.29 is 0 Å². The zero-order chi connectivity index (χ0) is 31.7. The number of allylic oxidation sites excluding steroid dienone is 7. The van der Waals surface area contributed by atoms with E-state index in [2.05, 4.69) is 92.7 Å². The summed E-state index contributed by atoms with van der Waals surface area (Å²) in [6.07, 6.45) is 9.36. The average molecular weight is 602 g/mol. The molecule has 0 saturated carbocycles. The summed E-state index contributed by atoms with van der Waals surface area (Å²) in [5, 5.41) is 8.17. The van der Waals surface area contributed by atoms with Crippen LogP contribution in [0.4, 0.5) is 11.4 Å². The second kappa shape index (κ2) is 19.4. The Morgan fingerprint density at radius 1 is 0.714 bits per heavy atom. The van der Waals surface area contributed by atoms with E-state index in [1.165, 1.54) is 5.57 Å². The summed E-state index contributed by atoms with van der Waals surface area (Å²) in [4.78, 5) is 0. The first-order valence-electron chi connectivity index (χ1n) is 14.4. The zero-order valence-corrected chi connectivity index (χ0v) is 27.7. The number of nitrogens with one attached hydrogen (secondary N) is 2. The fraction of sp³-hybridized carbons (Fsp3) is 0.211. The van der Waals surface area contributed by atoms with Gasteiger partial charge in [-0.05, 0) is 86.0 Å². The molecule has 222 valence electrons. The normalized spacial score (nSPS) is 11.2. The Labute approximate surface area is 264 Å². The van der Waals surface area contributed by atoms with Crippen molar-refractivity contribution in [3.05, 3.63) is 166 Å². The fourth-order valence-corrected chi connectivity index (χ4v) is 4.66. The molecule has 0 spiro atoms. The van der Waals surface area contributed by atoms with Gasteiger partial charge < -0.3 is 10.6 Å². The Balaban J connectivity index is 0.00000211. The molecule has 3 aromatic rings. The number of hydrogen-bond acceptors (Lipinski definition) is 2. The molecule has 0 aromatic heterocycles. The summed E-state index contributed by atoms with van der Waals surface area (Å²) in [5.41, 5.74) is 9.05. The first-order valence-corrected chi connectivity index (χ1v) is 15.1. The van der Waals surface area contributed by atoms with Crippen LogP contribution in [0.3, 0.4) is 0 Å². The van der Waals surface area contributed by atoms with Crippen LogP contribution in [0.2, 0.25) is 10.0 Å². The molecule has 0 fully saturated rings. The van der Waals surface area contributed by atoms with Gasteiger partial charge in [0.1, 0.15) is 0 Å². The molecule has 1 atom stereocenters. The molecule has 1 unspecified atom stereocenters. The van der Waals surface area contributed by atoms with E-state index in [4.69, 9.17) is 23.2 Å². The molecule has 0 amide bonds. The van der Waals surface area contributed by atoms with Gasteiger partial charge in [0.25, 0.3) is 0 Å². The van der Waals surface area contributed by atoms with E-state index in [0.29, 0.717) is 10.0 Å². The zero-order valence-electron chi connectivity index (χ0n) is 26.2. The van der Waals surface area contributed by atoms with Crippen molar-refractivity contribution in [2.45, 2.75) is 54.4 Å². The van der Waals surface area contributed by atoms with Crippen LogP contribution < -0.4 is 10.6 Å². The van der Waals surface area contributed by atoms with Gasteiger partial charge >= 0.3 is 0 Å². The summed E-state index contributed by atoms with van der Waals surface area (Å²) in [7, 11) is 0. The molecule has 0 aliphatic carbocycles. The number of benzene rings is 3. The Morgan fingerprint density at radius 3 is 1.60 bits per heavy atom. The van der Waals surface area contributed by atoms with Crippen LogP contribution in [-0.2, 0) is 0 Å². The number of halogens is 2. The molecule has 0 heterocycles. The maximum absolute atomic E-state index is 6.72. The van der Waals surface area contributed by atoms with Crippen LogP contribution in [0.15, 0.2) is 139 Å². The van der Waals surface area contributed by atoms with Crippen LogP contribution >= 0.6 is 23.2 Å². The summed E-state index contributed by atoms with van der Waals surface area (Å²) in [5.74, 6) is -0.146. The molecule has 0 bridgehead atoms. The SMILES string of the molecule is C=C/C=C\C(Nc1ccc(C(c2ccc(N/C(=C/C=C)C(=C)C)cc2)c2c(Cl)cccc2Cl)cc1)=C(C)C.CC.CC. The third-order valence-corrected chi connectivity index (χ3v) is 6.68. The Bertz CT molecular complexity index is 1370. The van der Waals surface area contributed by atoms with Crippen molar-refractivity contribution in [2.24, 2.45) is 0 Å². The van der Waals surface area contributed by atoms with E-state index < -0.39 is 0 Å². The van der Waals surface area contributed by atoms with E-state index >= 15 is 0 Å². The van der Waals surface area contributed by atoms with Crippen molar-refractivity contribution in [1.29, 1.82) is 0 Å². The van der Waals surface area contributed by atoms with E-state index in [1.54, 1.807) is 12.2 Å². The van der Waals surface area contributed by atoms with Crippen molar-refractivity contribution in [2.75, 3.05) is 10.6 Å². The third-order valence-electron chi connectivity index (χ3n) is 6.02. The number of anilines is 2. The standard InChI is InChI=1S/C34H34Cl2N2.2C2H6/c1-7-9-14-32(24(5)6)38-28-21-17-26(18-22-28)33(34-29(35)12-10-13-30(34)36)25-15-19-27(20-16-25)37-31(11-8-2)23(3)4;2*1-2/h7-22,33,37-38H,1-3H2,4-6H3;2*1-2H3/b14-9-,31-11+;;. The average Bonchev–Trinajstić information content (AvgIpc) is 3.00. The van der Waals surface area contributed by atoms with Gasteiger partial charge in [-0.25, -0.2) is 0 Å². The predicted molar refractivity (Wildman–Crippen MR) is 191 cm³/mol. The van der Waals surface area contributed by atoms with Gasteiger partial charge in [-0.15, -0.1) is 0 Å². The third kappa shape index (κ3) is 10.6. The monoisotopic (exact) mass is 600 g/mol. The summed E-state index contributed by atoms with van der Waals surface area (Å²) >= 11 is 13.4. The molecule has 0 aliphatic rings. The second-order valence-electron chi connectivity index (χ2n) is 9.17. The smallest absolute Gasteiger partial charge is 0.0462 e. The predicted octanol–water partition coefficient (Wildman–Crippen LogP) is 12.7. The molecule has 3 rings (SSSR count). The maximum Gasteiger partial charge on any atom is 0.0462 e. The van der Waals surface area contributed by atoms with Crippen LogP contribution in [0.5, 0.6) is 0 Å². The molecule has 0 aliphatic heterocycles. The Kier molecular flexibility index (Phi) is 16.8. The van der Waals surface area contributed by atoms with Gasteiger partial charge in [0.2, 0.25) is 0 Å². The molecule has 2 nitrogen and oxygen atoms in total. The van der Waals surface area contributed by atoms with Gasteiger partial charge in [-0.2, -0.15) is 0 Å². The molecule has 0 radical (unpaired) electrons. The lowest BCUT2D eigenvalue weighted by atomic mass is 9.85. The van der Waals surface area contributed by atoms with Crippen LogP contribution in [0.1, 0.15) is 71.1 Å². The fourth-order valence-electron chi connectivity index (χ4n) is 4.05. The molecule has 42 heavy (non-hydrogen) atoms. The highest BCUT2D eigenvalue weighted by atomic mass is 35.5. The van der Waals surface area contributed by atoms with Crippen LogP contribution in [-0.4, -0.2) is 0 Å². The van der Waals surface area contributed by atoms with Gasteiger partial charge in [0, 0.05) is 44.3 Å². The highest BCUT2D eigenvalue weighted by Gasteiger charge is 2.22. The quantitative estimate of drug-likeness (QED) is 0.169. The van der Waals surface area contributed by atoms with E-state index in [0.717, 1.165) is 45.0 Å². The van der Waals surface area contributed by atoms with Crippen LogP contribution in [0, 0.1) is 0 Å².